The Labute approximate surface area is 105 Å². The highest BCUT2D eigenvalue weighted by Gasteiger charge is 2.35. The van der Waals surface area contributed by atoms with Gasteiger partial charge in [0.2, 0.25) is 5.91 Å². The Hall–Kier alpha value is -0.820. The van der Waals surface area contributed by atoms with Crippen LogP contribution in [0.3, 0.4) is 0 Å². The number of amides is 1. The first-order valence-corrected chi connectivity index (χ1v) is 6.15. The van der Waals surface area contributed by atoms with E-state index in [9.17, 15) is 18.0 Å². The van der Waals surface area contributed by atoms with Gasteiger partial charge in [0.05, 0.1) is 12.6 Å². The molecule has 4 nitrogen and oxygen atoms in total. The molecule has 1 aliphatic heterocycles. The van der Waals surface area contributed by atoms with Crippen LogP contribution < -0.4 is 5.73 Å². The smallest absolute Gasteiger partial charge is 0.341 e. The minimum atomic E-state index is -4.31. The van der Waals surface area contributed by atoms with Crippen LogP contribution in [0.15, 0.2) is 0 Å². The Morgan fingerprint density at radius 1 is 1.39 bits per heavy atom. The van der Waals surface area contributed by atoms with Crippen molar-refractivity contribution in [1.82, 2.24) is 9.80 Å². The summed E-state index contributed by atoms with van der Waals surface area (Å²) in [4.78, 5) is 14.8. The summed E-state index contributed by atoms with van der Waals surface area (Å²) in [6.07, 6.45) is -2.46. The van der Waals surface area contributed by atoms with E-state index in [2.05, 4.69) is 0 Å². The lowest BCUT2D eigenvalue weighted by Gasteiger charge is -2.31. The van der Waals surface area contributed by atoms with Gasteiger partial charge in [0.25, 0.3) is 0 Å². The molecule has 1 saturated heterocycles. The Morgan fingerprint density at radius 2 is 1.94 bits per heavy atom. The summed E-state index contributed by atoms with van der Waals surface area (Å²) in [6.45, 7) is 1.89. The third-order valence-electron chi connectivity index (χ3n) is 3.12. The van der Waals surface area contributed by atoms with Gasteiger partial charge >= 0.3 is 6.18 Å². The van der Waals surface area contributed by atoms with E-state index in [0.717, 1.165) is 17.7 Å². The molecule has 0 spiro atoms. The van der Waals surface area contributed by atoms with Crippen molar-refractivity contribution in [3.8, 4) is 0 Å². The van der Waals surface area contributed by atoms with Crippen LogP contribution in [0.5, 0.6) is 0 Å². The van der Waals surface area contributed by atoms with E-state index in [-0.39, 0.29) is 19.0 Å². The summed E-state index contributed by atoms with van der Waals surface area (Å²) in [6, 6.07) is -0.770. The largest absolute Gasteiger partial charge is 0.401 e. The molecule has 0 aliphatic carbocycles. The van der Waals surface area contributed by atoms with Crippen LogP contribution in [-0.2, 0) is 4.79 Å². The summed E-state index contributed by atoms with van der Waals surface area (Å²) in [5.74, 6) is -0.231. The van der Waals surface area contributed by atoms with E-state index in [1.165, 1.54) is 6.92 Å². The third-order valence-corrected chi connectivity index (χ3v) is 3.12. The fraction of sp³-hybridized carbons (Fsp3) is 0.909. The normalized spacial score (nSPS) is 18.4. The topological polar surface area (TPSA) is 49.6 Å². The SMILES string of the molecule is CC(C(=O)N1CCCC1)N(CCN)CC(F)(F)F. The molecule has 1 rings (SSSR count). The second-order valence-corrected chi connectivity index (χ2v) is 4.58. The quantitative estimate of drug-likeness (QED) is 0.802. The first-order chi connectivity index (χ1) is 8.35. The molecule has 106 valence electrons. The fourth-order valence-corrected chi connectivity index (χ4v) is 2.16. The lowest BCUT2D eigenvalue weighted by atomic mass is 10.2. The first-order valence-electron chi connectivity index (χ1n) is 6.15. The Kier molecular flexibility index (Phi) is 5.40. The molecule has 0 saturated carbocycles. The van der Waals surface area contributed by atoms with Gasteiger partial charge in [-0.05, 0) is 19.8 Å². The van der Waals surface area contributed by atoms with Crippen molar-refractivity contribution in [2.45, 2.75) is 32.0 Å². The Morgan fingerprint density at radius 3 is 2.39 bits per heavy atom. The molecule has 1 heterocycles. The van der Waals surface area contributed by atoms with Crippen LogP contribution in [-0.4, -0.2) is 60.6 Å². The fourth-order valence-electron chi connectivity index (χ4n) is 2.16. The summed E-state index contributed by atoms with van der Waals surface area (Å²) in [5.41, 5.74) is 5.31. The number of likely N-dealkylation sites (tertiary alicyclic amines) is 1. The molecule has 0 aromatic carbocycles. The van der Waals surface area contributed by atoms with Crippen molar-refractivity contribution in [2.24, 2.45) is 5.73 Å². The lowest BCUT2D eigenvalue weighted by molar-refractivity contribution is -0.157. The molecule has 2 N–H and O–H groups in total. The second kappa shape index (κ2) is 6.38. The first kappa shape index (κ1) is 15.2. The van der Waals surface area contributed by atoms with E-state index >= 15 is 0 Å². The molecule has 1 unspecified atom stereocenters. The van der Waals surface area contributed by atoms with Gasteiger partial charge in [0.1, 0.15) is 0 Å². The minimum absolute atomic E-state index is 0.0697. The zero-order valence-electron chi connectivity index (χ0n) is 10.5. The average molecular weight is 267 g/mol. The Balaban J connectivity index is 2.62. The maximum atomic E-state index is 12.4. The van der Waals surface area contributed by atoms with E-state index in [1.807, 2.05) is 0 Å². The van der Waals surface area contributed by atoms with Crippen LogP contribution in [0.25, 0.3) is 0 Å². The predicted octanol–water partition coefficient (Wildman–Crippen LogP) is 0.820. The molecule has 0 aromatic heterocycles. The number of carbonyl (C=O) groups excluding carboxylic acids is 1. The van der Waals surface area contributed by atoms with Crippen molar-refractivity contribution in [3.05, 3.63) is 0 Å². The Bertz CT molecular complexity index is 277. The van der Waals surface area contributed by atoms with Gasteiger partial charge in [-0.25, -0.2) is 0 Å². The standard InChI is InChI=1S/C11H20F3N3O/c1-9(10(18)16-5-2-3-6-16)17(7-4-15)8-11(12,13)14/h9H,2-8,15H2,1H3. The number of nitrogens with zero attached hydrogens (tertiary/aromatic N) is 2. The average Bonchev–Trinajstić information content (AvgIpc) is 2.78. The number of rotatable bonds is 5. The van der Waals surface area contributed by atoms with Crippen LogP contribution in [0, 0.1) is 0 Å². The molecular weight excluding hydrogens is 247 g/mol. The highest BCUT2D eigenvalue weighted by atomic mass is 19.4. The highest BCUT2D eigenvalue weighted by molar-refractivity contribution is 5.81. The molecule has 1 aliphatic rings. The summed E-state index contributed by atoms with van der Waals surface area (Å²) < 4.78 is 37.3. The van der Waals surface area contributed by atoms with Crippen molar-refractivity contribution in [2.75, 3.05) is 32.7 Å². The molecule has 0 radical (unpaired) electrons. The monoisotopic (exact) mass is 267 g/mol. The van der Waals surface area contributed by atoms with Gasteiger partial charge in [-0.15, -0.1) is 0 Å². The number of alkyl halides is 3. The zero-order valence-corrected chi connectivity index (χ0v) is 10.5. The third kappa shape index (κ3) is 4.45. The maximum Gasteiger partial charge on any atom is 0.401 e. The number of carbonyl (C=O) groups is 1. The van der Waals surface area contributed by atoms with E-state index in [1.54, 1.807) is 4.90 Å². The lowest BCUT2D eigenvalue weighted by Crippen LogP contribution is -2.50. The van der Waals surface area contributed by atoms with Gasteiger partial charge in [-0.3, -0.25) is 9.69 Å². The molecule has 18 heavy (non-hydrogen) atoms. The van der Waals surface area contributed by atoms with E-state index in [4.69, 9.17) is 5.73 Å². The van der Waals surface area contributed by atoms with Crippen molar-refractivity contribution >= 4 is 5.91 Å². The van der Waals surface area contributed by atoms with Crippen LogP contribution >= 0.6 is 0 Å². The van der Waals surface area contributed by atoms with Crippen LogP contribution in [0.1, 0.15) is 19.8 Å². The van der Waals surface area contributed by atoms with Crippen molar-refractivity contribution < 1.29 is 18.0 Å². The predicted molar refractivity (Wildman–Crippen MR) is 62.0 cm³/mol. The number of halogens is 3. The van der Waals surface area contributed by atoms with Gasteiger partial charge in [0.15, 0.2) is 0 Å². The molecule has 1 amide bonds. The molecule has 1 atom stereocenters. The van der Waals surface area contributed by atoms with Crippen molar-refractivity contribution in [1.29, 1.82) is 0 Å². The van der Waals surface area contributed by atoms with Gasteiger partial charge in [-0.1, -0.05) is 0 Å². The van der Waals surface area contributed by atoms with Crippen LogP contribution in [0.4, 0.5) is 13.2 Å². The molecule has 0 aromatic rings. The molecule has 1 fully saturated rings. The van der Waals surface area contributed by atoms with Gasteiger partial charge in [0, 0.05) is 26.2 Å². The van der Waals surface area contributed by atoms with Gasteiger partial charge in [-0.2, -0.15) is 13.2 Å². The van der Waals surface area contributed by atoms with Gasteiger partial charge < -0.3 is 10.6 Å². The van der Waals surface area contributed by atoms with Crippen LogP contribution in [0.2, 0.25) is 0 Å². The summed E-state index contributed by atoms with van der Waals surface area (Å²) >= 11 is 0. The summed E-state index contributed by atoms with van der Waals surface area (Å²) in [5, 5.41) is 0. The number of nitrogens with two attached hydrogens (primary N) is 1. The second-order valence-electron chi connectivity index (χ2n) is 4.58. The van der Waals surface area contributed by atoms with Crippen molar-refractivity contribution in [3.63, 3.8) is 0 Å². The minimum Gasteiger partial charge on any atom is -0.341 e. The van der Waals surface area contributed by atoms with E-state index in [0.29, 0.717) is 13.1 Å². The van der Waals surface area contributed by atoms with E-state index < -0.39 is 18.8 Å². The molecule has 7 heteroatoms. The number of hydrogen-bond acceptors (Lipinski definition) is 3. The highest BCUT2D eigenvalue weighted by Crippen LogP contribution is 2.19. The molecular formula is C11H20F3N3O. The molecule has 0 bridgehead atoms. The summed E-state index contributed by atoms with van der Waals surface area (Å²) in [7, 11) is 0. The number of hydrogen-bond donors (Lipinski definition) is 1. The maximum absolute atomic E-state index is 12.4. The zero-order chi connectivity index (χ0) is 13.8.